The lowest BCUT2D eigenvalue weighted by Crippen LogP contribution is -2.35. The maximum absolute atomic E-state index is 8.81. The number of ether oxygens (including phenoxy) is 1. The van der Waals surface area contributed by atoms with Crippen LogP contribution in [0.15, 0.2) is 24.3 Å². The molecular weight excluding hydrogens is 250 g/mol. The van der Waals surface area contributed by atoms with Crippen LogP contribution in [-0.4, -0.2) is 43.4 Å². The van der Waals surface area contributed by atoms with Crippen LogP contribution in [0.2, 0.25) is 0 Å². The number of hydrogen-bond donors (Lipinski definition) is 1. The molecule has 3 nitrogen and oxygen atoms in total. The Morgan fingerprint density at radius 2 is 1.85 bits per heavy atom. The second-order valence-corrected chi connectivity index (χ2v) is 5.77. The molecule has 2 rings (SSSR count). The maximum Gasteiger partial charge on any atom is 0.118 e. The van der Waals surface area contributed by atoms with Crippen LogP contribution in [0, 0.1) is 5.92 Å². The molecule has 1 saturated heterocycles. The molecule has 0 aliphatic carbocycles. The SMILES string of the molecule is COc1ccc(CC2CCN(CCCCO)CC2)cc1. The molecule has 0 aromatic heterocycles. The van der Waals surface area contributed by atoms with Gasteiger partial charge in [-0.2, -0.15) is 0 Å². The number of hydrogen-bond acceptors (Lipinski definition) is 3. The Morgan fingerprint density at radius 3 is 2.45 bits per heavy atom. The van der Waals surface area contributed by atoms with E-state index in [2.05, 4.69) is 29.2 Å². The Balaban J connectivity index is 1.70. The molecule has 112 valence electrons. The smallest absolute Gasteiger partial charge is 0.118 e. The van der Waals surface area contributed by atoms with Crippen molar-refractivity contribution in [3.8, 4) is 5.75 Å². The van der Waals surface area contributed by atoms with Crippen LogP contribution in [-0.2, 0) is 6.42 Å². The van der Waals surface area contributed by atoms with Crippen molar-refractivity contribution in [2.24, 2.45) is 5.92 Å². The van der Waals surface area contributed by atoms with Crippen LogP contribution in [0.4, 0.5) is 0 Å². The summed E-state index contributed by atoms with van der Waals surface area (Å²) in [4.78, 5) is 2.54. The van der Waals surface area contributed by atoms with Gasteiger partial charge in [0.1, 0.15) is 5.75 Å². The molecule has 0 amide bonds. The van der Waals surface area contributed by atoms with Crippen molar-refractivity contribution in [2.45, 2.75) is 32.1 Å². The average molecular weight is 277 g/mol. The summed E-state index contributed by atoms with van der Waals surface area (Å²) < 4.78 is 5.20. The highest BCUT2D eigenvalue weighted by atomic mass is 16.5. The summed E-state index contributed by atoms with van der Waals surface area (Å²) in [6, 6.07) is 8.48. The van der Waals surface area contributed by atoms with Crippen LogP contribution < -0.4 is 4.74 Å². The molecule has 3 heteroatoms. The molecule has 20 heavy (non-hydrogen) atoms. The topological polar surface area (TPSA) is 32.7 Å². The molecule has 1 aliphatic heterocycles. The van der Waals surface area contributed by atoms with Crippen molar-refractivity contribution in [2.75, 3.05) is 33.4 Å². The fraction of sp³-hybridized carbons (Fsp3) is 0.647. The molecule has 0 spiro atoms. The standard InChI is InChI=1S/C17H27NO2/c1-20-17-6-4-15(5-7-17)14-16-8-11-18(12-9-16)10-2-3-13-19/h4-7,16,19H,2-3,8-14H2,1H3. The first-order chi connectivity index (χ1) is 9.81. The molecule has 0 bridgehead atoms. The van der Waals surface area contributed by atoms with E-state index in [1.807, 2.05) is 0 Å². The first kappa shape index (κ1) is 15.3. The number of aliphatic hydroxyl groups is 1. The van der Waals surface area contributed by atoms with Crippen molar-refractivity contribution in [1.82, 2.24) is 4.90 Å². The third-order valence-electron chi connectivity index (χ3n) is 4.27. The lowest BCUT2D eigenvalue weighted by Gasteiger charge is -2.32. The molecule has 1 fully saturated rings. The molecule has 1 aromatic carbocycles. The lowest BCUT2D eigenvalue weighted by molar-refractivity contribution is 0.175. The molecule has 1 heterocycles. The number of nitrogens with zero attached hydrogens (tertiary/aromatic N) is 1. The third-order valence-corrected chi connectivity index (χ3v) is 4.27. The predicted octanol–water partition coefficient (Wildman–Crippen LogP) is 2.72. The van der Waals surface area contributed by atoms with Gasteiger partial charge in [0.25, 0.3) is 0 Å². The van der Waals surface area contributed by atoms with Gasteiger partial charge in [0.05, 0.1) is 7.11 Å². The van der Waals surface area contributed by atoms with Crippen LogP contribution in [0.1, 0.15) is 31.2 Å². The summed E-state index contributed by atoms with van der Waals surface area (Å²) in [5.41, 5.74) is 1.42. The van der Waals surface area contributed by atoms with E-state index < -0.39 is 0 Å². The zero-order valence-electron chi connectivity index (χ0n) is 12.6. The van der Waals surface area contributed by atoms with Gasteiger partial charge in [-0.15, -0.1) is 0 Å². The Labute approximate surface area is 122 Å². The van der Waals surface area contributed by atoms with Crippen molar-refractivity contribution in [3.63, 3.8) is 0 Å². The number of aliphatic hydroxyl groups excluding tert-OH is 1. The van der Waals surface area contributed by atoms with Crippen molar-refractivity contribution >= 4 is 0 Å². The van der Waals surface area contributed by atoms with Gasteiger partial charge in [-0.05, 0) is 75.4 Å². The van der Waals surface area contributed by atoms with Gasteiger partial charge in [-0.3, -0.25) is 0 Å². The van der Waals surface area contributed by atoms with E-state index in [1.54, 1.807) is 7.11 Å². The van der Waals surface area contributed by atoms with Crippen LogP contribution in [0.25, 0.3) is 0 Å². The van der Waals surface area contributed by atoms with E-state index in [9.17, 15) is 0 Å². The molecule has 1 aromatic rings. The number of methoxy groups -OCH3 is 1. The molecule has 1 aliphatic rings. The van der Waals surface area contributed by atoms with Crippen molar-refractivity contribution < 1.29 is 9.84 Å². The first-order valence-electron chi connectivity index (χ1n) is 7.78. The van der Waals surface area contributed by atoms with E-state index in [4.69, 9.17) is 9.84 Å². The van der Waals surface area contributed by atoms with Gasteiger partial charge >= 0.3 is 0 Å². The molecule has 1 N–H and O–H groups in total. The van der Waals surface area contributed by atoms with E-state index >= 15 is 0 Å². The van der Waals surface area contributed by atoms with E-state index in [0.717, 1.165) is 31.1 Å². The van der Waals surface area contributed by atoms with Gasteiger partial charge in [-0.25, -0.2) is 0 Å². The predicted molar refractivity (Wildman–Crippen MR) is 82.2 cm³/mol. The van der Waals surface area contributed by atoms with Gasteiger partial charge < -0.3 is 14.7 Å². The number of piperidine rings is 1. The van der Waals surface area contributed by atoms with E-state index in [1.165, 1.54) is 37.9 Å². The molecule has 0 unspecified atom stereocenters. The summed E-state index contributed by atoms with van der Waals surface area (Å²) in [5.74, 6) is 1.75. The van der Waals surface area contributed by atoms with Crippen LogP contribution >= 0.6 is 0 Å². The third kappa shape index (κ3) is 4.80. The van der Waals surface area contributed by atoms with Gasteiger partial charge in [0, 0.05) is 6.61 Å². The first-order valence-corrected chi connectivity index (χ1v) is 7.78. The van der Waals surface area contributed by atoms with Crippen molar-refractivity contribution in [1.29, 1.82) is 0 Å². The highest BCUT2D eigenvalue weighted by Gasteiger charge is 2.18. The quantitative estimate of drug-likeness (QED) is 0.778. The zero-order chi connectivity index (χ0) is 14.2. The van der Waals surface area contributed by atoms with Crippen LogP contribution in [0.3, 0.4) is 0 Å². The van der Waals surface area contributed by atoms with E-state index in [0.29, 0.717) is 6.61 Å². The maximum atomic E-state index is 8.81. The summed E-state index contributed by atoms with van der Waals surface area (Å²) in [7, 11) is 1.71. The molecule has 0 saturated carbocycles. The summed E-state index contributed by atoms with van der Waals surface area (Å²) in [6.45, 7) is 3.91. The summed E-state index contributed by atoms with van der Waals surface area (Å²) >= 11 is 0. The Bertz CT molecular complexity index is 369. The fourth-order valence-corrected chi connectivity index (χ4v) is 2.96. The normalized spacial score (nSPS) is 17.3. The number of rotatable bonds is 7. The largest absolute Gasteiger partial charge is 0.497 e. The Kier molecular flexibility index (Phi) is 6.34. The highest BCUT2D eigenvalue weighted by molar-refractivity contribution is 5.27. The minimum atomic E-state index is 0.327. The number of benzene rings is 1. The zero-order valence-corrected chi connectivity index (χ0v) is 12.6. The summed E-state index contributed by atoms with van der Waals surface area (Å²) in [6.07, 6.45) is 5.84. The molecule has 0 radical (unpaired) electrons. The highest BCUT2D eigenvalue weighted by Crippen LogP contribution is 2.23. The Morgan fingerprint density at radius 1 is 1.15 bits per heavy atom. The average Bonchev–Trinajstić information content (AvgIpc) is 2.50. The lowest BCUT2D eigenvalue weighted by atomic mass is 9.90. The molecular formula is C17H27NO2. The molecule has 0 atom stereocenters. The second kappa shape index (κ2) is 8.28. The van der Waals surface area contributed by atoms with Gasteiger partial charge in [-0.1, -0.05) is 12.1 Å². The second-order valence-electron chi connectivity index (χ2n) is 5.77. The minimum absolute atomic E-state index is 0.327. The number of likely N-dealkylation sites (tertiary alicyclic amines) is 1. The number of unbranched alkanes of at least 4 members (excludes halogenated alkanes) is 1. The van der Waals surface area contributed by atoms with Crippen molar-refractivity contribution in [3.05, 3.63) is 29.8 Å². The fourth-order valence-electron chi connectivity index (χ4n) is 2.96. The van der Waals surface area contributed by atoms with Gasteiger partial charge in [0.15, 0.2) is 0 Å². The van der Waals surface area contributed by atoms with Crippen LogP contribution in [0.5, 0.6) is 5.75 Å². The Hall–Kier alpha value is -1.06. The summed E-state index contributed by atoms with van der Waals surface area (Å²) in [5, 5.41) is 8.81. The monoisotopic (exact) mass is 277 g/mol. The minimum Gasteiger partial charge on any atom is -0.497 e. The van der Waals surface area contributed by atoms with E-state index in [-0.39, 0.29) is 0 Å². The van der Waals surface area contributed by atoms with Gasteiger partial charge in [0.2, 0.25) is 0 Å².